The Bertz CT molecular complexity index is 1340. The molecule has 1 aromatic heterocycles. The summed E-state index contributed by atoms with van der Waals surface area (Å²) in [5, 5.41) is 10.8. The second-order valence-corrected chi connectivity index (χ2v) is 11.6. The Morgan fingerprint density at radius 2 is 2.06 bits per heavy atom. The van der Waals surface area contributed by atoms with Crippen LogP contribution < -0.4 is 13.9 Å². The van der Waals surface area contributed by atoms with Crippen LogP contribution >= 0.6 is 27.3 Å². The van der Waals surface area contributed by atoms with Gasteiger partial charge >= 0.3 is 6.09 Å². The molecule has 1 atom stereocenters. The molecule has 1 N–H and O–H groups in total. The summed E-state index contributed by atoms with van der Waals surface area (Å²) in [5.41, 5.74) is 2.62. The smallest absolute Gasteiger partial charge is 0.407 e. The van der Waals surface area contributed by atoms with Crippen molar-refractivity contribution in [2.75, 3.05) is 36.5 Å². The number of halogens is 2. The Hall–Kier alpha value is -2.90. The first-order valence-corrected chi connectivity index (χ1v) is 14.0. The number of hydrogen-bond donors (Lipinski definition) is 1. The van der Waals surface area contributed by atoms with E-state index in [1.807, 2.05) is 0 Å². The molecule has 1 amide bonds. The summed E-state index contributed by atoms with van der Waals surface area (Å²) in [5.74, 6) is -0.0967. The Morgan fingerprint density at radius 3 is 2.64 bits per heavy atom. The summed E-state index contributed by atoms with van der Waals surface area (Å²) < 4.78 is 49.4. The van der Waals surface area contributed by atoms with Crippen molar-refractivity contribution in [3.05, 3.63) is 63.1 Å². The van der Waals surface area contributed by atoms with E-state index in [4.69, 9.17) is 4.74 Å². The number of sulfonamides is 1. The SMILES string of the molecule is COc1ccc(CN(c2cscn2)S(=O)(=O)c2cc(Br)c(N(C)[C@H]3CCN(C(=O)O)C3)cc2F)cc1. The van der Waals surface area contributed by atoms with E-state index in [1.54, 1.807) is 41.6 Å². The van der Waals surface area contributed by atoms with Crippen molar-refractivity contribution in [2.45, 2.75) is 23.9 Å². The molecule has 36 heavy (non-hydrogen) atoms. The van der Waals surface area contributed by atoms with Gasteiger partial charge in [0.1, 0.15) is 16.5 Å². The number of aromatic nitrogens is 1. The van der Waals surface area contributed by atoms with Crippen LogP contribution in [0, 0.1) is 5.82 Å². The van der Waals surface area contributed by atoms with Gasteiger partial charge in [-0.05, 0) is 52.2 Å². The minimum Gasteiger partial charge on any atom is -0.497 e. The highest BCUT2D eigenvalue weighted by Crippen LogP contribution is 2.35. The van der Waals surface area contributed by atoms with E-state index in [0.717, 1.165) is 10.4 Å². The highest BCUT2D eigenvalue weighted by atomic mass is 79.9. The number of rotatable bonds is 8. The monoisotopic (exact) mass is 598 g/mol. The second kappa shape index (κ2) is 10.6. The van der Waals surface area contributed by atoms with Crippen LogP contribution in [-0.2, 0) is 16.6 Å². The van der Waals surface area contributed by atoms with E-state index in [0.29, 0.717) is 34.4 Å². The zero-order chi connectivity index (χ0) is 26.0. The summed E-state index contributed by atoms with van der Waals surface area (Å²) in [7, 11) is -1.07. The van der Waals surface area contributed by atoms with Crippen molar-refractivity contribution in [2.24, 2.45) is 0 Å². The molecule has 0 spiro atoms. The third-order valence-electron chi connectivity index (χ3n) is 6.09. The minimum absolute atomic E-state index is 0.0537. The van der Waals surface area contributed by atoms with Crippen molar-refractivity contribution in [3.8, 4) is 5.75 Å². The van der Waals surface area contributed by atoms with Gasteiger partial charge in [-0.15, -0.1) is 11.3 Å². The number of carbonyl (C=O) groups is 1. The Kier molecular flexibility index (Phi) is 7.71. The van der Waals surface area contributed by atoms with Crippen molar-refractivity contribution < 1.29 is 27.4 Å². The van der Waals surface area contributed by atoms with Gasteiger partial charge in [-0.3, -0.25) is 0 Å². The molecule has 2 heterocycles. The molecule has 192 valence electrons. The second-order valence-electron chi connectivity index (χ2n) is 8.22. The molecule has 4 rings (SSSR count). The number of ether oxygens (including phenoxy) is 1. The molecule has 0 bridgehead atoms. The van der Waals surface area contributed by atoms with Crippen LogP contribution in [0.2, 0.25) is 0 Å². The van der Waals surface area contributed by atoms with Crippen LogP contribution in [0.25, 0.3) is 0 Å². The van der Waals surface area contributed by atoms with Gasteiger partial charge in [0.2, 0.25) is 0 Å². The van der Waals surface area contributed by atoms with E-state index >= 15 is 4.39 Å². The number of thiazole rings is 1. The van der Waals surface area contributed by atoms with Crippen LogP contribution in [0.4, 0.5) is 20.7 Å². The molecule has 0 aliphatic carbocycles. The first-order chi connectivity index (χ1) is 17.1. The van der Waals surface area contributed by atoms with Crippen LogP contribution in [0.1, 0.15) is 12.0 Å². The molecule has 13 heteroatoms. The number of carboxylic acid groups (broad SMARTS) is 1. The lowest BCUT2D eigenvalue weighted by Crippen LogP contribution is -2.36. The predicted molar refractivity (Wildman–Crippen MR) is 139 cm³/mol. The molecule has 0 unspecified atom stereocenters. The molecule has 2 aromatic carbocycles. The van der Waals surface area contributed by atoms with Crippen LogP contribution in [-0.4, -0.2) is 62.8 Å². The fourth-order valence-corrected chi connectivity index (χ4v) is 6.90. The molecule has 1 saturated heterocycles. The highest BCUT2D eigenvalue weighted by Gasteiger charge is 2.33. The predicted octanol–water partition coefficient (Wildman–Crippen LogP) is 4.64. The van der Waals surface area contributed by atoms with Crippen molar-refractivity contribution in [1.29, 1.82) is 0 Å². The lowest BCUT2D eigenvalue weighted by atomic mass is 10.2. The van der Waals surface area contributed by atoms with Crippen molar-refractivity contribution in [3.63, 3.8) is 0 Å². The van der Waals surface area contributed by atoms with Crippen molar-refractivity contribution in [1.82, 2.24) is 9.88 Å². The number of amides is 1. The Morgan fingerprint density at radius 1 is 1.33 bits per heavy atom. The molecular weight excluding hydrogens is 575 g/mol. The van der Waals surface area contributed by atoms with Gasteiger partial charge < -0.3 is 19.6 Å². The zero-order valence-corrected chi connectivity index (χ0v) is 22.7. The standard InChI is InChI=1S/C23H24BrFN4O5S2/c1-27(16-7-8-28(12-16)23(30)31)20-10-19(25)21(9-18(20)24)36(32,33)29(22-13-35-14-26-22)11-15-3-5-17(34-2)6-4-15/h3-6,9-10,13-14,16H,7-8,11-12H2,1-2H3,(H,30,31)/t16-/m0/s1. The largest absolute Gasteiger partial charge is 0.497 e. The van der Waals surface area contributed by atoms with Gasteiger partial charge in [-0.1, -0.05) is 12.1 Å². The summed E-state index contributed by atoms with van der Waals surface area (Å²) >= 11 is 4.63. The first kappa shape index (κ1) is 26.2. The molecule has 1 aliphatic heterocycles. The molecular formula is C23H24BrFN4O5S2. The van der Waals surface area contributed by atoms with Crippen LogP contribution in [0.5, 0.6) is 5.75 Å². The topological polar surface area (TPSA) is 103 Å². The van der Waals surface area contributed by atoms with E-state index in [9.17, 15) is 18.3 Å². The summed E-state index contributed by atoms with van der Waals surface area (Å²) in [6, 6.07) is 9.15. The molecule has 1 fully saturated rings. The number of anilines is 2. The van der Waals surface area contributed by atoms with Gasteiger partial charge in [0.05, 0.1) is 24.9 Å². The van der Waals surface area contributed by atoms with E-state index in [-0.39, 0.29) is 24.9 Å². The van der Waals surface area contributed by atoms with Crippen LogP contribution in [0.15, 0.2) is 56.7 Å². The molecule has 0 radical (unpaired) electrons. The quantitative estimate of drug-likeness (QED) is 0.403. The summed E-state index contributed by atoms with van der Waals surface area (Å²) in [6.07, 6.45) is -0.423. The van der Waals surface area contributed by atoms with Gasteiger partial charge in [0, 0.05) is 36.0 Å². The van der Waals surface area contributed by atoms with E-state index in [1.165, 1.54) is 34.9 Å². The highest BCUT2D eigenvalue weighted by molar-refractivity contribution is 9.10. The maximum Gasteiger partial charge on any atom is 0.407 e. The lowest BCUT2D eigenvalue weighted by Gasteiger charge is -2.28. The van der Waals surface area contributed by atoms with E-state index in [2.05, 4.69) is 20.9 Å². The van der Waals surface area contributed by atoms with Gasteiger partial charge in [0.15, 0.2) is 5.82 Å². The normalized spacial score (nSPS) is 15.7. The summed E-state index contributed by atoms with van der Waals surface area (Å²) in [4.78, 5) is 18.0. The minimum atomic E-state index is -4.34. The first-order valence-electron chi connectivity index (χ1n) is 10.9. The number of likely N-dealkylation sites (tertiary alicyclic amines) is 1. The van der Waals surface area contributed by atoms with Crippen LogP contribution in [0.3, 0.4) is 0 Å². The van der Waals surface area contributed by atoms with Gasteiger partial charge in [-0.25, -0.2) is 26.9 Å². The Balaban J connectivity index is 1.66. The zero-order valence-electron chi connectivity index (χ0n) is 19.5. The summed E-state index contributed by atoms with van der Waals surface area (Å²) in [6.45, 7) is 0.603. The lowest BCUT2D eigenvalue weighted by molar-refractivity contribution is 0.155. The number of likely N-dealkylation sites (N-methyl/N-ethyl adjacent to an activating group) is 1. The maximum atomic E-state index is 15.4. The molecule has 9 nitrogen and oxygen atoms in total. The van der Waals surface area contributed by atoms with Gasteiger partial charge in [-0.2, -0.15) is 0 Å². The van der Waals surface area contributed by atoms with Gasteiger partial charge in [0.25, 0.3) is 10.0 Å². The van der Waals surface area contributed by atoms with Crippen molar-refractivity contribution >= 4 is 54.9 Å². The molecule has 3 aromatic rings. The fourth-order valence-electron chi connectivity index (χ4n) is 4.05. The molecule has 1 aliphatic rings. The fraction of sp³-hybridized carbons (Fsp3) is 0.304. The number of methoxy groups -OCH3 is 1. The van der Waals surface area contributed by atoms with E-state index < -0.39 is 26.8 Å². The average molecular weight is 600 g/mol. The number of benzene rings is 2. The maximum absolute atomic E-state index is 15.4. The third-order valence-corrected chi connectivity index (χ3v) is 9.07. The third kappa shape index (κ3) is 5.27. The number of hydrogen-bond acceptors (Lipinski definition) is 7. The number of nitrogens with zero attached hydrogens (tertiary/aromatic N) is 4. The molecule has 0 saturated carbocycles. The average Bonchev–Trinajstić information content (AvgIpc) is 3.56. The Labute approximate surface area is 220 Å².